The molecule has 10 heavy (non-hydrogen) atoms. The lowest BCUT2D eigenvalue weighted by Gasteiger charge is -2.19. The highest BCUT2D eigenvalue weighted by molar-refractivity contribution is 5.31. The van der Waals surface area contributed by atoms with Gasteiger partial charge in [-0.3, -0.25) is 0 Å². The van der Waals surface area contributed by atoms with Crippen molar-refractivity contribution >= 4 is 0 Å². The van der Waals surface area contributed by atoms with Gasteiger partial charge in [0, 0.05) is 5.41 Å². The van der Waals surface area contributed by atoms with Gasteiger partial charge >= 0.3 is 0 Å². The first kappa shape index (κ1) is 7.59. The van der Waals surface area contributed by atoms with Crippen LogP contribution in [0.15, 0.2) is 23.8 Å². The van der Waals surface area contributed by atoms with Crippen LogP contribution in [0.4, 0.5) is 0 Å². The first-order valence-electron chi connectivity index (χ1n) is 4.05. The average Bonchev–Trinajstić information content (AvgIpc) is 2.13. The number of hydrogen-bond acceptors (Lipinski definition) is 0. The van der Waals surface area contributed by atoms with Gasteiger partial charge in [0.25, 0.3) is 0 Å². The van der Waals surface area contributed by atoms with E-state index in [9.17, 15) is 0 Å². The molecule has 0 radical (unpaired) electrons. The lowest BCUT2D eigenvalue weighted by atomic mass is 9.85. The van der Waals surface area contributed by atoms with E-state index in [0.29, 0.717) is 5.41 Å². The zero-order valence-corrected chi connectivity index (χ0v) is 7.15. The fraction of sp³-hybridized carbons (Fsp3) is 0.600. The zero-order valence-electron chi connectivity index (χ0n) is 7.15. The van der Waals surface area contributed by atoms with Crippen molar-refractivity contribution in [1.82, 2.24) is 0 Å². The second-order valence-corrected chi connectivity index (χ2v) is 3.52. The third kappa shape index (κ3) is 1.31. The molecule has 1 aliphatic rings. The standard InChI is InChI=1S/C10H16/c1-4-6-9-7-5-8-10(9,2)3/h5,7-8H,4,6H2,1-3H3. The summed E-state index contributed by atoms with van der Waals surface area (Å²) < 4.78 is 0. The Morgan fingerprint density at radius 1 is 1.40 bits per heavy atom. The molecule has 0 aromatic heterocycles. The van der Waals surface area contributed by atoms with Crippen LogP contribution in [0, 0.1) is 5.41 Å². The van der Waals surface area contributed by atoms with Gasteiger partial charge in [0.2, 0.25) is 0 Å². The molecule has 0 aliphatic heterocycles. The van der Waals surface area contributed by atoms with E-state index in [0.717, 1.165) is 0 Å². The van der Waals surface area contributed by atoms with Gasteiger partial charge in [0.1, 0.15) is 0 Å². The predicted octanol–water partition coefficient (Wildman–Crippen LogP) is 3.31. The smallest absolute Gasteiger partial charge is 0.00404 e. The van der Waals surface area contributed by atoms with Crippen molar-refractivity contribution in [1.29, 1.82) is 0 Å². The number of hydrogen-bond donors (Lipinski definition) is 0. The summed E-state index contributed by atoms with van der Waals surface area (Å²) in [6.07, 6.45) is 9.21. The minimum Gasteiger partial charge on any atom is -0.0748 e. The van der Waals surface area contributed by atoms with E-state index in [4.69, 9.17) is 0 Å². The molecule has 0 spiro atoms. The molecular weight excluding hydrogens is 120 g/mol. The van der Waals surface area contributed by atoms with Gasteiger partial charge in [-0.05, 0) is 6.42 Å². The summed E-state index contributed by atoms with van der Waals surface area (Å²) >= 11 is 0. The van der Waals surface area contributed by atoms with Gasteiger partial charge in [-0.15, -0.1) is 0 Å². The fourth-order valence-electron chi connectivity index (χ4n) is 1.40. The van der Waals surface area contributed by atoms with Gasteiger partial charge in [0.15, 0.2) is 0 Å². The third-order valence-corrected chi connectivity index (χ3v) is 2.16. The summed E-state index contributed by atoms with van der Waals surface area (Å²) in [5.74, 6) is 0. The molecule has 0 saturated heterocycles. The van der Waals surface area contributed by atoms with Crippen molar-refractivity contribution in [2.45, 2.75) is 33.6 Å². The van der Waals surface area contributed by atoms with E-state index in [-0.39, 0.29) is 0 Å². The van der Waals surface area contributed by atoms with E-state index in [1.807, 2.05) is 0 Å². The van der Waals surface area contributed by atoms with E-state index >= 15 is 0 Å². The monoisotopic (exact) mass is 136 g/mol. The molecular formula is C10H16. The second kappa shape index (κ2) is 2.61. The molecule has 0 N–H and O–H groups in total. The molecule has 56 valence electrons. The summed E-state index contributed by atoms with van der Waals surface area (Å²) in [6.45, 7) is 6.78. The van der Waals surface area contributed by atoms with Gasteiger partial charge in [-0.1, -0.05) is 51.0 Å². The molecule has 1 aliphatic carbocycles. The largest absolute Gasteiger partial charge is 0.0748 e. The van der Waals surface area contributed by atoms with Crippen LogP contribution >= 0.6 is 0 Å². The quantitative estimate of drug-likeness (QED) is 0.546. The van der Waals surface area contributed by atoms with Crippen LogP contribution in [0.2, 0.25) is 0 Å². The SMILES string of the molecule is CCCC1=CC=CC1(C)C. The molecule has 0 heteroatoms. The summed E-state index contributed by atoms with van der Waals surface area (Å²) in [5, 5.41) is 0. The van der Waals surface area contributed by atoms with Crippen molar-refractivity contribution in [3.05, 3.63) is 23.8 Å². The Morgan fingerprint density at radius 2 is 2.10 bits per heavy atom. The summed E-state index contributed by atoms with van der Waals surface area (Å²) in [5.41, 5.74) is 1.92. The molecule has 0 fully saturated rings. The Labute approximate surface area is 63.6 Å². The van der Waals surface area contributed by atoms with E-state index in [1.54, 1.807) is 5.57 Å². The van der Waals surface area contributed by atoms with Crippen LogP contribution < -0.4 is 0 Å². The first-order chi connectivity index (χ1) is 4.67. The zero-order chi connectivity index (χ0) is 7.61. The highest BCUT2D eigenvalue weighted by Gasteiger charge is 2.21. The Balaban J connectivity index is 2.63. The Kier molecular flexibility index (Phi) is 1.98. The van der Waals surface area contributed by atoms with E-state index < -0.39 is 0 Å². The van der Waals surface area contributed by atoms with Crippen LogP contribution in [0.3, 0.4) is 0 Å². The summed E-state index contributed by atoms with van der Waals surface area (Å²) in [4.78, 5) is 0. The highest BCUT2D eigenvalue weighted by Crippen LogP contribution is 2.34. The topological polar surface area (TPSA) is 0 Å². The number of rotatable bonds is 2. The summed E-state index contributed by atoms with van der Waals surface area (Å²) in [6, 6.07) is 0. The lowest BCUT2D eigenvalue weighted by Crippen LogP contribution is -2.07. The van der Waals surface area contributed by atoms with Crippen molar-refractivity contribution in [3.8, 4) is 0 Å². The van der Waals surface area contributed by atoms with Crippen molar-refractivity contribution < 1.29 is 0 Å². The molecule has 0 atom stereocenters. The van der Waals surface area contributed by atoms with Gasteiger partial charge in [0.05, 0.1) is 0 Å². The second-order valence-electron chi connectivity index (χ2n) is 3.52. The van der Waals surface area contributed by atoms with Crippen LogP contribution in [0.1, 0.15) is 33.6 Å². The fourth-order valence-corrected chi connectivity index (χ4v) is 1.40. The minimum atomic E-state index is 0.343. The van der Waals surface area contributed by atoms with Crippen LogP contribution in [-0.4, -0.2) is 0 Å². The molecule has 1 rings (SSSR count). The molecule has 0 unspecified atom stereocenters. The van der Waals surface area contributed by atoms with E-state index in [2.05, 4.69) is 39.0 Å². The maximum atomic E-state index is 2.28. The summed E-state index contributed by atoms with van der Waals surface area (Å²) in [7, 11) is 0. The molecule has 0 aromatic rings. The minimum absolute atomic E-state index is 0.343. The Bertz CT molecular complexity index is 170. The molecule has 0 saturated carbocycles. The van der Waals surface area contributed by atoms with Crippen molar-refractivity contribution in [3.63, 3.8) is 0 Å². The van der Waals surface area contributed by atoms with Gasteiger partial charge in [-0.25, -0.2) is 0 Å². The number of allylic oxidation sites excluding steroid dienone is 4. The maximum Gasteiger partial charge on any atom is 0.00404 e. The normalized spacial score (nSPS) is 21.3. The van der Waals surface area contributed by atoms with E-state index in [1.165, 1.54) is 12.8 Å². The Hall–Kier alpha value is -0.520. The van der Waals surface area contributed by atoms with Gasteiger partial charge < -0.3 is 0 Å². The molecule has 0 nitrogen and oxygen atoms in total. The first-order valence-corrected chi connectivity index (χ1v) is 4.05. The average molecular weight is 136 g/mol. The van der Waals surface area contributed by atoms with Crippen LogP contribution in [0.25, 0.3) is 0 Å². The molecule has 0 aromatic carbocycles. The lowest BCUT2D eigenvalue weighted by molar-refractivity contribution is 0.558. The van der Waals surface area contributed by atoms with Crippen LogP contribution in [-0.2, 0) is 0 Å². The highest BCUT2D eigenvalue weighted by atomic mass is 14.3. The maximum absolute atomic E-state index is 2.28. The van der Waals surface area contributed by atoms with Crippen molar-refractivity contribution in [2.24, 2.45) is 5.41 Å². The van der Waals surface area contributed by atoms with Crippen molar-refractivity contribution in [2.75, 3.05) is 0 Å². The van der Waals surface area contributed by atoms with Crippen LogP contribution in [0.5, 0.6) is 0 Å². The third-order valence-electron chi connectivity index (χ3n) is 2.16. The molecule has 0 heterocycles. The Morgan fingerprint density at radius 3 is 2.50 bits per heavy atom. The molecule has 0 amide bonds. The van der Waals surface area contributed by atoms with Gasteiger partial charge in [-0.2, -0.15) is 0 Å². The predicted molar refractivity (Wildman–Crippen MR) is 45.9 cm³/mol. The molecule has 0 bridgehead atoms.